The first-order valence-corrected chi connectivity index (χ1v) is 14.4. The second-order valence-corrected chi connectivity index (χ2v) is 10.7. The maximum absolute atomic E-state index is 4.28. The molecule has 7 rings (SSSR count). The Labute approximate surface area is 247 Å². The predicted molar refractivity (Wildman–Crippen MR) is 176 cm³/mol. The van der Waals surface area contributed by atoms with E-state index >= 15 is 0 Å². The van der Waals surface area contributed by atoms with Crippen LogP contribution >= 0.6 is 0 Å². The average Bonchev–Trinajstić information content (AvgIpc) is 3.09. The SMILES string of the molecule is C1=CC(c2ccc(-c3cc(-c4ccc(-c5cccnc5)cc4)cc(-c4ccc(-c5cccnc5)cc4)c3)cc2)=CCC1. The standard InChI is InChI=1S/C40H30N2/c1-2-6-29(7-3-1)30-10-16-33(17-11-30)38-24-39(34-18-12-31(13-19-34)36-8-4-22-41-27-36)26-40(25-38)35-20-14-32(15-21-35)37-9-5-23-42-28-37/h2,4-28H,1,3H2. The molecule has 0 amide bonds. The number of nitrogens with zero attached hydrogens (tertiary/aromatic N) is 2. The summed E-state index contributed by atoms with van der Waals surface area (Å²) in [5.41, 5.74) is 14.3. The Bertz CT molecular complexity index is 1760. The summed E-state index contributed by atoms with van der Waals surface area (Å²) in [5, 5.41) is 0. The molecule has 200 valence electrons. The summed E-state index contributed by atoms with van der Waals surface area (Å²) in [6, 6.07) is 41.6. The van der Waals surface area contributed by atoms with Gasteiger partial charge in [0, 0.05) is 24.8 Å². The maximum Gasteiger partial charge on any atom is 0.0346 e. The van der Waals surface area contributed by atoms with E-state index in [-0.39, 0.29) is 0 Å². The molecule has 2 heteroatoms. The summed E-state index contributed by atoms with van der Waals surface area (Å²) in [7, 11) is 0. The van der Waals surface area contributed by atoms with Crippen LogP contribution in [0.1, 0.15) is 18.4 Å². The first kappa shape index (κ1) is 25.6. The van der Waals surface area contributed by atoms with Crippen LogP contribution in [0.15, 0.2) is 158 Å². The molecule has 0 bridgehead atoms. The minimum atomic E-state index is 1.11. The molecule has 6 aromatic rings. The molecule has 2 heterocycles. The Morgan fingerprint density at radius 1 is 0.381 bits per heavy atom. The Morgan fingerprint density at radius 3 is 1.14 bits per heavy atom. The summed E-state index contributed by atoms with van der Waals surface area (Å²) >= 11 is 0. The molecule has 42 heavy (non-hydrogen) atoms. The van der Waals surface area contributed by atoms with Gasteiger partial charge >= 0.3 is 0 Å². The Kier molecular flexibility index (Phi) is 7.10. The van der Waals surface area contributed by atoms with Gasteiger partial charge in [-0.3, -0.25) is 9.97 Å². The maximum atomic E-state index is 4.28. The smallest absolute Gasteiger partial charge is 0.0346 e. The molecule has 1 aliphatic carbocycles. The second-order valence-electron chi connectivity index (χ2n) is 10.7. The molecule has 0 fully saturated rings. The van der Waals surface area contributed by atoms with Crippen LogP contribution in [0.4, 0.5) is 0 Å². The second kappa shape index (κ2) is 11.6. The van der Waals surface area contributed by atoms with E-state index in [9.17, 15) is 0 Å². The van der Waals surface area contributed by atoms with Crippen molar-refractivity contribution in [2.24, 2.45) is 0 Å². The molecular weight excluding hydrogens is 508 g/mol. The van der Waals surface area contributed by atoms with Crippen molar-refractivity contribution in [1.82, 2.24) is 9.97 Å². The molecule has 0 saturated carbocycles. The number of allylic oxidation sites excluding steroid dienone is 4. The number of aromatic nitrogens is 2. The molecule has 0 saturated heterocycles. The zero-order valence-electron chi connectivity index (χ0n) is 23.3. The van der Waals surface area contributed by atoms with Crippen LogP contribution < -0.4 is 0 Å². The van der Waals surface area contributed by atoms with Gasteiger partial charge < -0.3 is 0 Å². The van der Waals surface area contributed by atoms with E-state index in [0.717, 1.165) is 35.1 Å². The van der Waals surface area contributed by atoms with E-state index in [1.165, 1.54) is 44.5 Å². The van der Waals surface area contributed by atoms with Gasteiger partial charge in [0.2, 0.25) is 0 Å². The summed E-state index contributed by atoms with van der Waals surface area (Å²) in [6.07, 6.45) is 16.5. The fraction of sp³-hybridized carbons (Fsp3) is 0.0500. The van der Waals surface area contributed by atoms with E-state index in [2.05, 4.69) is 131 Å². The van der Waals surface area contributed by atoms with Crippen molar-refractivity contribution in [1.29, 1.82) is 0 Å². The van der Waals surface area contributed by atoms with Crippen molar-refractivity contribution in [3.8, 4) is 55.6 Å². The molecule has 2 nitrogen and oxygen atoms in total. The van der Waals surface area contributed by atoms with Crippen LogP contribution in [0.3, 0.4) is 0 Å². The molecule has 0 N–H and O–H groups in total. The molecule has 0 atom stereocenters. The van der Waals surface area contributed by atoms with Crippen molar-refractivity contribution >= 4 is 5.57 Å². The van der Waals surface area contributed by atoms with Gasteiger partial charge in [-0.2, -0.15) is 0 Å². The number of benzene rings is 4. The van der Waals surface area contributed by atoms with Gasteiger partial charge in [0.1, 0.15) is 0 Å². The van der Waals surface area contributed by atoms with Crippen LogP contribution in [0.5, 0.6) is 0 Å². The van der Waals surface area contributed by atoms with Gasteiger partial charge in [0.15, 0.2) is 0 Å². The minimum Gasteiger partial charge on any atom is -0.264 e. The van der Waals surface area contributed by atoms with Crippen molar-refractivity contribution in [3.63, 3.8) is 0 Å². The summed E-state index contributed by atoms with van der Waals surface area (Å²) in [4.78, 5) is 8.57. The number of pyridine rings is 2. The first-order valence-electron chi connectivity index (χ1n) is 14.4. The van der Waals surface area contributed by atoms with Gasteiger partial charge in [-0.15, -0.1) is 0 Å². The molecule has 0 unspecified atom stereocenters. The molecule has 4 aromatic carbocycles. The van der Waals surface area contributed by atoms with Crippen molar-refractivity contribution in [2.45, 2.75) is 12.8 Å². The normalized spacial score (nSPS) is 12.6. The Hall–Kier alpha value is -5.34. The lowest BCUT2D eigenvalue weighted by Gasteiger charge is -2.13. The topological polar surface area (TPSA) is 25.8 Å². The van der Waals surface area contributed by atoms with Crippen LogP contribution in [-0.2, 0) is 0 Å². The largest absolute Gasteiger partial charge is 0.264 e. The van der Waals surface area contributed by atoms with Crippen LogP contribution in [0.2, 0.25) is 0 Å². The molecule has 0 radical (unpaired) electrons. The van der Waals surface area contributed by atoms with Gasteiger partial charge in [-0.25, -0.2) is 0 Å². The highest BCUT2D eigenvalue weighted by molar-refractivity contribution is 5.83. The van der Waals surface area contributed by atoms with Gasteiger partial charge in [0.05, 0.1) is 0 Å². The number of hydrogen-bond acceptors (Lipinski definition) is 2. The van der Waals surface area contributed by atoms with E-state index in [0.29, 0.717) is 0 Å². The zero-order valence-corrected chi connectivity index (χ0v) is 23.3. The lowest BCUT2D eigenvalue weighted by molar-refractivity contribution is 1.04. The fourth-order valence-electron chi connectivity index (χ4n) is 5.59. The summed E-state index contributed by atoms with van der Waals surface area (Å²) < 4.78 is 0. The van der Waals surface area contributed by atoms with Gasteiger partial charge in [0.25, 0.3) is 0 Å². The van der Waals surface area contributed by atoms with Crippen LogP contribution in [0.25, 0.3) is 61.2 Å². The summed E-state index contributed by atoms with van der Waals surface area (Å²) in [6.45, 7) is 0. The van der Waals surface area contributed by atoms with Crippen molar-refractivity contribution in [2.75, 3.05) is 0 Å². The minimum absolute atomic E-state index is 1.11. The van der Waals surface area contributed by atoms with Gasteiger partial charge in [-0.1, -0.05) is 103 Å². The van der Waals surface area contributed by atoms with Crippen molar-refractivity contribution in [3.05, 3.63) is 164 Å². The third kappa shape index (κ3) is 5.48. The quantitative estimate of drug-likeness (QED) is 0.211. The Morgan fingerprint density at radius 2 is 0.786 bits per heavy atom. The average molecular weight is 539 g/mol. The summed E-state index contributed by atoms with van der Waals surface area (Å²) in [5.74, 6) is 0. The van der Waals surface area contributed by atoms with Crippen molar-refractivity contribution < 1.29 is 0 Å². The van der Waals surface area contributed by atoms with E-state index in [1.807, 2.05) is 36.9 Å². The fourth-order valence-corrected chi connectivity index (χ4v) is 5.59. The third-order valence-corrected chi connectivity index (χ3v) is 7.91. The highest BCUT2D eigenvalue weighted by atomic mass is 14.6. The Balaban J connectivity index is 1.28. The molecular formula is C40H30N2. The predicted octanol–water partition coefficient (Wildman–Crippen LogP) is 10.5. The van der Waals surface area contributed by atoms with Crippen LogP contribution in [-0.4, -0.2) is 9.97 Å². The number of rotatable bonds is 6. The lowest BCUT2D eigenvalue weighted by atomic mass is 9.91. The highest BCUT2D eigenvalue weighted by Crippen LogP contribution is 2.35. The molecule has 2 aromatic heterocycles. The van der Waals surface area contributed by atoms with Crippen LogP contribution in [0, 0.1) is 0 Å². The zero-order chi connectivity index (χ0) is 28.1. The van der Waals surface area contributed by atoms with E-state index in [4.69, 9.17) is 0 Å². The molecule has 1 aliphatic rings. The third-order valence-electron chi connectivity index (χ3n) is 7.91. The van der Waals surface area contributed by atoms with E-state index in [1.54, 1.807) is 0 Å². The monoisotopic (exact) mass is 538 g/mol. The number of hydrogen-bond donors (Lipinski definition) is 0. The lowest BCUT2D eigenvalue weighted by Crippen LogP contribution is -1.89. The molecule has 0 aliphatic heterocycles. The highest BCUT2D eigenvalue weighted by Gasteiger charge is 2.10. The molecule has 0 spiro atoms. The van der Waals surface area contributed by atoms with E-state index < -0.39 is 0 Å². The van der Waals surface area contributed by atoms with Gasteiger partial charge in [-0.05, 0) is 110 Å². The first-order chi connectivity index (χ1) is 20.8.